The van der Waals surface area contributed by atoms with Crippen molar-refractivity contribution >= 4 is 39.6 Å². The summed E-state index contributed by atoms with van der Waals surface area (Å²) in [4.78, 5) is 12.4. The Hall–Kier alpha value is -3.52. The average molecular weight is 564 g/mol. The van der Waals surface area contributed by atoms with E-state index in [2.05, 4.69) is 14.8 Å². The molecule has 3 aromatic rings. The molecule has 37 heavy (non-hydrogen) atoms. The van der Waals surface area contributed by atoms with Crippen molar-refractivity contribution < 1.29 is 35.2 Å². The molecule has 0 aliphatic carbocycles. The summed E-state index contributed by atoms with van der Waals surface area (Å²) in [6.07, 6.45) is -3.44. The zero-order valence-electron chi connectivity index (χ0n) is 19.2. The van der Waals surface area contributed by atoms with Crippen LogP contribution in [0, 0.1) is 0 Å². The van der Waals surface area contributed by atoms with Crippen LogP contribution >= 0.6 is 11.6 Å². The predicted octanol–water partition coefficient (Wildman–Crippen LogP) is 5.08. The van der Waals surface area contributed by atoms with Crippen LogP contribution < -0.4 is 5.32 Å². The van der Waals surface area contributed by atoms with Crippen molar-refractivity contribution in [2.24, 2.45) is 4.40 Å². The predicted molar refractivity (Wildman–Crippen MR) is 127 cm³/mol. The van der Waals surface area contributed by atoms with Crippen molar-refractivity contribution in [1.82, 2.24) is 14.7 Å². The highest BCUT2D eigenvalue weighted by atomic mass is 35.5. The number of hydrogen-bond donors (Lipinski definition) is 1. The number of hydrogen-bond acceptors (Lipinski definition) is 4. The van der Waals surface area contributed by atoms with E-state index >= 15 is 0 Å². The lowest BCUT2D eigenvalue weighted by Crippen LogP contribution is -2.21. The van der Waals surface area contributed by atoms with Crippen LogP contribution in [-0.2, 0) is 27.4 Å². The fourth-order valence-electron chi connectivity index (χ4n) is 3.27. The van der Waals surface area contributed by atoms with Gasteiger partial charge in [0.05, 0.1) is 18.3 Å². The summed E-state index contributed by atoms with van der Waals surface area (Å²) in [6, 6.07) is 7.96. The van der Waals surface area contributed by atoms with Gasteiger partial charge in [-0.2, -0.15) is 35.5 Å². The highest BCUT2D eigenvalue weighted by Crippen LogP contribution is 2.44. The Morgan fingerprint density at radius 2 is 1.89 bits per heavy atom. The molecule has 8 nitrogen and oxygen atoms in total. The molecular weight excluding hydrogens is 545 g/mol. The molecule has 0 saturated carbocycles. The summed E-state index contributed by atoms with van der Waals surface area (Å²) in [7, 11) is -2.29. The number of benzene rings is 2. The zero-order chi connectivity index (χ0) is 27.5. The molecule has 0 aliphatic heterocycles. The second kappa shape index (κ2) is 10.8. The molecule has 0 radical (unpaired) electrons. The summed E-state index contributed by atoms with van der Waals surface area (Å²) in [6.45, 7) is -3.12. The lowest BCUT2D eigenvalue weighted by molar-refractivity contribution is -0.139. The standard InChI is InChI=1S/C22H19ClF5N5O3S/c1-32(2)12-30-37(35,36)20-15(14-10-29-33(11-14)21(24)25)7-8-17(19(20)22(26,27)28)31-18(34)9-13-5-3-4-6-16(13)23/h3-8,10-12,21H,9H2,1-2H3,(H,31,34)/b30-12+. The van der Waals surface area contributed by atoms with Gasteiger partial charge in [0, 0.05) is 36.4 Å². The molecule has 0 aliphatic rings. The number of nitrogens with one attached hydrogen (secondary N) is 1. The van der Waals surface area contributed by atoms with Crippen LogP contribution in [-0.4, -0.2) is 49.4 Å². The molecule has 15 heteroatoms. The Morgan fingerprint density at radius 1 is 1.22 bits per heavy atom. The molecule has 0 fully saturated rings. The second-order valence-corrected chi connectivity index (χ2v) is 9.80. The van der Waals surface area contributed by atoms with E-state index in [0.29, 0.717) is 11.8 Å². The number of amides is 1. The van der Waals surface area contributed by atoms with Crippen LogP contribution in [0.3, 0.4) is 0 Å². The number of carbonyl (C=O) groups is 1. The SMILES string of the molecule is CN(C)/C=N/S(=O)(=O)c1c(-c2cnn(C(F)F)c2)ccc(NC(=O)Cc2ccccc2Cl)c1C(F)(F)F. The van der Waals surface area contributed by atoms with Gasteiger partial charge in [0.1, 0.15) is 16.8 Å². The van der Waals surface area contributed by atoms with Crippen LogP contribution in [0.4, 0.5) is 27.6 Å². The highest BCUT2D eigenvalue weighted by molar-refractivity contribution is 7.90. The van der Waals surface area contributed by atoms with Gasteiger partial charge in [-0.15, -0.1) is 4.40 Å². The van der Waals surface area contributed by atoms with E-state index in [1.54, 1.807) is 12.1 Å². The van der Waals surface area contributed by atoms with Gasteiger partial charge in [-0.05, 0) is 17.7 Å². The largest absolute Gasteiger partial charge is 0.419 e. The lowest BCUT2D eigenvalue weighted by atomic mass is 10.0. The van der Waals surface area contributed by atoms with E-state index in [1.807, 2.05) is 0 Å². The van der Waals surface area contributed by atoms with Crippen molar-refractivity contribution in [3.8, 4) is 11.1 Å². The third-order valence-electron chi connectivity index (χ3n) is 4.81. The molecule has 0 bridgehead atoms. The first-order valence-electron chi connectivity index (χ1n) is 10.3. The maximum atomic E-state index is 14.4. The number of halogens is 6. The lowest BCUT2D eigenvalue weighted by Gasteiger charge is -2.20. The molecule has 1 heterocycles. The monoisotopic (exact) mass is 563 g/mol. The normalized spacial score (nSPS) is 12.4. The Morgan fingerprint density at radius 3 is 2.46 bits per heavy atom. The first-order valence-corrected chi connectivity index (χ1v) is 12.1. The molecule has 0 unspecified atom stereocenters. The molecule has 2 aromatic carbocycles. The van der Waals surface area contributed by atoms with Gasteiger partial charge in [0.15, 0.2) is 0 Å². The van der Waals surface area contributed by atoms with E-state index in [1.165, 1.54) is 31.1 Å². The molecular formula is C22H19ClF5N5O3S. The molecule has 1 N–H and O–H groups in total. The number of aromatic nitrogens is 2. The van der Waals surface area contributed by atoms with Crippen molar-refractivity contribution in [2.75, 3.05) is 19.4 Å². The minimum Gasteiger partial charge on any atom is -0.368 e. The maximum Gasteiger partial charge on any atom is 0.419 e. The van der Waals surface area contributed by atoms with Crippen LogP contribution in [0.15, 0.2) is 58.1 Å². The fraction of sp³-hybridized carbons (Fsp3) is 0.227. The van der Waals surface area contributed by atoms with Crippen LogP contribution in [0.5, 0.6) is 0 Å². The average Bonchev–Trinajstić information content (AvgIpc) is 3.29. The van der Waals surface area contributed by atoms with Gasteiger partial charge in [-0.1, -0.05) is 35.9 Å². The summed E-state index contributed by atoms with van der Waals surface area (Å²) >= 11 is 6.01. The minimum absolute atomic E-state index is 0.154. The molecule has 0 atom stereocenters. The third-order valence-corrected chi connectivity index (χ3v) is 6.49. The number of anilines is 1. The number of sulfonamides is 1. The minimum atomic E-state index is -5.31. The van der Waals surface area contributed by atoms with E-state index in [0.717, 1.165) is 24.7 Å². The van der Waals surface area contributed by atoms with Crippen LogP contribution in [0.25, 0.3) is 11.1 Å². The van der Waals surface area contributed by atoms with Gasteiger partial charge >= 0.3 is 12.7 Å². The second-order valence-electron chi connectivity index (χ2n) is 7.83. The Labute approximate surface area is 213 Å². The smallest absolute Gasteiger partial charge is 0.368 e. The third kappa shape index (κ3) is 6.63. The van der Waals surface area contributed by atoms with Crippen LogP contribution in [0.2, 0.25) is 5.02 Å². The summed E-state index contributed by atoms with van der Waals surface area (Å²) in [5, 5.41) is 5.67. The van der Waals surface area contributed by atoms with E-state index in [9.17, 15) is 35.2 Å². The Kier molecular flexibility index (Phi) is 8.22. The first-order chi connectivity index (χ1) is 17.2. The zero-order valence-corrected chi connectivity index (χ0v) is 20.7. The maximum absolute atomic E-state index is 14.4. The Balaban J connectivity index is 2.22. The van der Waals surface area contributed by atoms with Crippen molar-refractivity contribution in [1.29, 1.82) is 0 Å². The molecule has 1 aromatic heterocycles. The summed E-state index contributed by atoms with van der Waals surface area (Å²) < 4.78 is 98.8. The summed E-state index contributed by atoms with van der Waals surface area (Å²) in [5.41, 5.74) is -3.18. The van der Waals surface area contributed by atoms with Gasteiger partial charge < -0.3 is 10.2 Å². The molecule has 198 valence electrons. The number of rotatable bonds is 8. The first kappa shape index (κ1) is 28.1. The van der Waals surface area contributed by atoms with Gasteiger partial charge in [-0.25, -0.2) is 4.68 Å². The molecule has 0 saturated heterocycles. The van der Waals surface area contributed by atoms with Crippen molar-refractivity contribution in [3.63, 3.8) is 0 Å². The summed E-state index contributed by atoms with van der Waals surface area (Å²) in [5.74, 6) is -0.906. The Bertz CT molecular complexity index is 1440. The van der Waals surface area contributed by atoms with E-state index < -0.39 is 56.8 Å². The fourth-order valence-corrected chi connectivity index (χ4v) is 4.83. The van der Waals surface area contributed by atoms with E-state index in [-0.39, 0.29) is 15.3 Å². The number of alkyl halides is 5. The topological polar surface area (TPSA) is 96.7 Å². The van der Waals surface area contributed by atoms with Crippen LogP contribution in [0.1, 0.15) is 17.7 Å². The molecule has 3 rings (SSSR count). The van der Waals surface area contributed by atoms with Gasteiger partial charge in [-0.3, -0.25) is 4.79 Å². The van der Waals surface area contributed by atoms with Gasteiger partial charge in [0.2, 0.25) is 5.91 Å². The van der Waals surface area contributed by atoms with Crippen molar-refractivity contribution in [2.45, 2.75) is 24.0 Å². The number of carbonyl (C=O) groups excluding carboxylic acids is 1. The molecule has 0 spiro atoms. The quantitative estimate of drug-likeness (QED) is 0.234. The van der Waals surface area contributed by atoms with Gasteiger partial charge in [0.25, 0.3) is 10.0 Å². The highest BCUT2D eigenvalue weighted by Gasteiger charge is 2.42. The molecule has 1 amide bonds. The van der Waals surface area contributed by atoms with Crippen molar-refractivity contribution in [3.05, 3.63) is 64.9 Å². The number of nitrogens with zero attached hydrogens (tertiary/aromatic N) is 4. The van der Waals surface area contributed by atoms with E-state index in [4.69, 9.17) is 11.6 Å².